The molecule has 0 radical (unpaired) electrons. The average molecular weight is 271 g/mol. The van der Waals surface area contributed by atoms with Crippen LogP contribution in [0.15, 0.2) is 0 Å². The molecule has 4 atom stereocenters. The first-order chi connectivity index (χ1) is 8.95. The molecule has 4 heteroatoms. The summed E-state index contributed by atoms with van der Waals surface area (Å²) in [4.78, 5) is 11.5. The Morgan fingerprint density at radius 3 is 2.63 bits per heavy atom. The van der Waals surface area contributed by atoms with Crippen LogP contribution in [0.5, 0.6) is 0 Å². The Morgan fingerprint density at radius 2 is 2.05 bits per heavy atom. The molecular formula is C15H29NO3. The lowest BCUT2D eigenvalue weighted by atomic mass is 9.75. The maximum Gasteiger partial charge on any atom is 0.325 e. The van der Waals surface area contributed by atoms with Crippen molar-refractivity contribution in [1.82, 2.24) is 0 Å². The third-order valence-electron chi connectivity index (χ3n) is 4.04. The zero-order valence-electron chi connectivity index (χ0n) is 12.7. The first kappa shape index (κ1) is 16.4. The number of hydrogen-bond donors (Lipinski definition) is 1. The van der Waals surface area contributed by atoms with Crippen molar-refractivity contribution in [3.05, 3.63) is 0 Å². The lowest BCUT2D eigenvalue weighted by molar-refractivity contribution is -0.147. The Hall–Kier alpha value is -0.610. The van der Waals surface area contributed by atoms with Crippen LogP contribution in [0.25, 0.3) is 0 Å². The molecule has 4 unspecified atom stereocenters. The SMILES string of the molecule is CCOC(=O)C(N)COC1CC(C)CCC1C(C)C. The van der Waals surface area contributed by atoms with Gasteiger partial charge in [-0.2, -0.15) is 0 Å². The summed E-state index contributed by atoms with van der Waals surface area (Å²) in [7, 11) is 0. The van der Waals surface area contributed by atoms with Crippen LogP contribution >= 0.6 is 0 Å². The number of carbonyl (C=O) groups is 1. The molecule has 0 aromatic rings. The van der Waals surface area contributed by atoms with Crippen LogP contribution in [0.4, 0.5) is 0 Å². The van der Waals surface area contributed by atoms with Crippen molar-refractivity contribution in [3.8, 4) is 0 Å². The Labute approximate surface area is 117 Å². The quantitative estimate of drug-likeness (QED) is 0.753. The Kier molecular flexibility index (Phi) is 6.80. The molecule has 4 nitrogen and oxygen atoms in total. The third kappa shape index (κ3) is 5.11. The molecule has 1 saturated carbocycles. The van der Waals surface area contributed by atoms with E-state index in [-0.39, 0.29) is 18.7 Å². The zero-order valence-corrected chi connectivity index (χ0v) is 12.7. The van der Waals surface area contributed by atoms with E-state index in [1.165, 1.54) is 12.8 Å². The van der Waals surface area contributed by atoms with Gasteiger partial charge in [0.1, 0.15) is 6.04 Å². The minimum absolute atomic E-state index is 0.226. The van der Waals surface area contributed by atoms with Crippen LogP contribution in [-0.4, -0.2) is 31.3 Å². The topological polar surface area (TPSA) is 61.5 Å². The molecule has 0 amide bonds. The molecule has 19 heavy (non-hydrogen) atoms. The summed E-state index contributed by atoms with van der Waals surface area (Å²) in [6, 6.07) is -0.662. The molecule has 112 valence electrons. The standard InChI is InChI=1S/C15H29NO3/c1-5-18-15(17)13(16)9-19-14-8-11(4)6-7-12(14)10(2)3/h10-14H,5-9,16H2,1-4H3. The molecule has 0 aliphatic heterocycles. The van der Waals surface area contributed by atoms with Crippen LogP contribution in [0.1, 0.15) is 47.0 Å². The highest BCUT2D eigenvalue weighted by Crippen LogP contribution is 2.35. The predicted octanol–water partition coefficient (Wildman–Crippen LogP) is 2.35. The minimum atomic E-state index is -0.662. The number of esters is 1. The van der Waals surface area contributed by atoms with Crippen LogP contribution in [0.2, 0.25) is 0 Å². The molecule has 2 N–H and O–H groups in total. The summed E-state index contributed by atoms with van der Waals surface area (Å²) in [5, 5.41) is 0. The second-order valence-corrected chi connectivity index (χ2v) is 6.06. The maximum absolute atomic E-state index is 11.5. The van der Waals surface area contributed by atoms with Crippen molar-refractivity contribution >= 4 is 5.97 Å². The van der Waals surface area contributed by atoms with Crippen molar-refractivity contribution in [2.45, 2.75) is 59.1 Å². The molecule has 0 saturated heterocycles. The van der Waals surface area contributed by atoms with Crippen molar-refractivity contribution in [2.24, 2.45) is 23.5 Å². The van der Waals surface area contributed by atoms with Gasteiger partial charge in [0.25, 0.3) is 0 Å². The number of carbonyl (C=O) groups excluding carboxylic acids is 1. The Balaban J connectivity index is 2.46. The predicted molar refractivity (Wildman–Crippen MR) is 75.7 cm³/mol. The van der Waals surface area contributed by atoms with E-state index in [0.29, 0.717) is 24.4 Å². The largest absolute Gasteiger partial charge is 0.465 e. The third-order valence-corrected chi connectivity index (χ3v) is 4.04. The van der Waals surface area contributed by atoms with Gasteiger partial charge in [0.2, 0.25) is 0 Å². The molecule has 0 spiro atoms. The molecule has 1 aliphatic rings. The number of rotatable bonds is 6. The Bertz CT molecular complexity index is 281. The van der Waals surface area contributed by atoms with E-state index in [1.807, 2.05) is 0 Å². The molecule has 1 aliphatic carbocycles. The van der Waals surface area contributed by atoms with E-state index in [2.05, 4.69) is 20.8 Å². The van der Waals surface area contributed by atoms with Gasteiger partial charge >= 0.3 is 5.97 Å². The van der Waals surface area contributed by atoms with Gasteiger partial charge in [-0.25, -0.2) is 0 Å². The highest BCUT2D eigenvalue weighted by atomic mass is 16.5. The minimum Gasteiger partial charge on any atom is -0.465 e. The van der Waals surface area contributed by atoms with Gasteiger partial charge in [0.05, 0.1) is 19.3 Å². The van der Waals surface area contributed by atoms with Gasteiger partial charge in [0, 0.05) is 0 Å². The molecule has 1 fully saturated rings. The van der Waals surface area contributed by atoms with Crippen LogP contribution in [0, 0.1) is 17.8 Å². The number of nitrogens with two attached hydrogens (primary N) is 1. The lowest BCUT2D eigenvalue weighted by Crippen LogP contribution is -2.41. The fraction of sp³-hybridized carbons (Fsp3) is 0.933. The Morgan fingerprint density at radius 1 is 1.37 bits per heavy atom. The van der Waals surface area contributed by atoms with E-state index < -0.39 is 6.04 Å². The van der Waals surface area contributed by atoms with Gasteiger partial charge < -0.3 is 15.2 Å². The molecule has 0 aromatic heterocycles. The van der Waals surface area contributed by atoms with Gasteiger partial charge in [-0.3, -0.25) is 4.79 Å². The van der Waals surface area contributed by atoms with Crippen LogP contribution in [-0.2, 0) is 14.3 Å². The van der Waals surface area contributed by atoms with Crippen LogP contribution < -0.4 is 5.73 Å². The van der Waals surface area contributed by atoms with Crippen molar-refractivity contribution in [2.75, 3.05) is 13.2 Å². The molecule has 1 rings (SSSR count). The van der Waals surface area contributed by atoms with E-state index in [9.17, 15) is 4.79 Å². The van der Waals surface area contributed by atoms with E-state index in [4.69, 9.17) is 15.2 Å². The van der Waals surface area contributed by atoms with Crippen molar-refractivity contribution in [3.63, 3.8) is 0 Å². The van der Waals surface area contributed by atoms with E-state index >= 15 is 0 Å². The first-order valence-corrected chi connectivity index (χ1v) is 7.49. The maximum atomic E-state index is 11.5. The fourth-order valence-electron chi connectivity index (χ4n) is 2.85. The fourth-order valence-corrected chi connectivity index (χ4v) is 2.85. The second kappa shape index (κ2) is 7.85. The van der Waals surface area contributed by atoms with Crippen molar-refractivity contribution < 1.29 is 14.3 Å². The molecule has 0 aromatic carbocycles. The van der Waals surface area contributed by atoms with Gasteiger partial charge in [-0.05, 0) is 37.5 Å². The second-order valence-electron chi connectivity index (χ2n) is 6.06. The lowest BCUT2D eigenvalue weighted by Gasteiger charge is -2.37. The van der Waals surface area contributed by atoms with E-state index in [0.717, 1.165) is 6.42 Å². The monoisotopic (exact) mass is 271 g/mol. The van der Waals surface area contributed by atoms with Crippen molar-refractivity contribution in [1.29, 1.82) is 0 Å². The number of hydrogen-bond acceptors (Lipinski definition) is 4. The normalized spacial score (nSPS) is 29.3. The molecule has 0 heterocycles. The summed E-state index contributed by atoms with van der Waals surface area (Å²) in [6.07, 6.45) is 3.77. The van der Waals surface area contributed by atoms with Crippen LogP contribution in [0.3, 0.4) is 0 Å². The van der Waals surface area contributed by atoms with Gasteiger partial charge in [0.15, 0.2) is 0 Å². The molecule has 0 bridgehead atoms. The summed E-state index contributed by atoms with van der Waals surface area (Å²) < 4.78 is 10.8. The number of ether oxygens (including phenoxy) is 2. The first-order valence-electron chi connectivity index (χ1n) is 7.49. The highest BCUT2D eigenvalue weighted by molar-refractivity contribution is 5.75. The zero-order chi connectivity index (χ0) is 14.4. The highest BCUT2D eigenvalue weighted by Gasteiger charge is 2.32. The van der Waals surface area contributed by atoms with Gasteiger partial charge in [-0.15, -0.1) is 0 Å². The summed E-state index contributed by atoms with van der Waals surface area (Å²) in [6.45, 7) is 9.15. The summed E-state index contributed by atoms with van der Waals surface area (Å²) in [5.41, 5.74) is 5.78. The van der Waals surface area contributed by atoms with Gasteiger partial charge in [-0.1, -0.05) is 27.2 Å². The average Bonchev–Trinajstić information content (AvgIpc) is 2.35. The van der Waals surface area contributed by atoms with E-state index in [1.54, 1.807) is 6.92 Å². The smallest absolute Gasteiger partial charge is 0.325 e. The summed E-state index contributed by atoms with van der Waals surface area (Å²) in [5.74, 6) is 1.51. The molecular weight excluding hydrogens is 242 g/mol. The summed E-state index contributed by atoms with van der Waals surface area (Å²) >= 11 is 0.